The van der Waals surface area contributed by atoms with E-state index in [4.69, 9.17) is 4.42 Å². The summed E-state index contributed by atoms with van der Waals surface area (Å²) in [7, 11) is -9.06. The molecule has 0 bridgehead atoms. The molecule has 0 spiro atoms. The number of para-hydroxylation sites is 2. The lowest BCUT2D eigenvalue weighted by molar-refractivity contribution is 0.482. The molecule has 7 nitrogen and oxygen atoms in total. The molecule has 9 heteroatoms. The quantitative estimate of drug-likeness (QED) is 0.690. The topological polar surface area (TPSA) is 122 Å². The summed E-state index contributed by atoms with van der Waals surface area (Å²) in [4.78, 5) is -0.949. The Morgan fingerprint density at radius 1 is 0.714 bits per heavy atom. The molecule has 21 heavy (non-hydrogen) atoms. The van der Waals surface area contributed by atoms with E-state index in [2.05, 4.69) is 0 Å². The first kappa shape index (κ1) is 14.0. The van der Waals surface area contributed by atoms with Gasteiger partial charge in [-0.3, -0.25) is 9.11 Å². The van der Waals surface area contributed by atoms with Crippen molar-refractivity contribution in [2.24, 2.45) is 0 Å². The molecule has 1 heterocycles. The zero-order valence-corrected chi connectivity index (χ0v) is 11.8. The molecule has 3 rings (SSSR count). The van der Waals surface area contributed by atoms with E-state index in [0.29, 0.717) is 10.8 Å². The van der Waals surface area contributed by atoms with Crippen LogP contribution in [0.15, 0.2) is 50.6 Å². The van der Waals surface area contributed by atoms with Crippen LogP contribution in [0, 0.1) is 0 Å². The van der Waals surface area contributed by atoms with Crippen LogP contribution >= 0.6 is 0 Å². The predicted octanol–water partition coefficient (Wildman–Crippen LogP) is 2.08. The van der Waals surface area contributed by atoms with Crippen molar-refractivity contribution < 1.29 is 30.4 Å². The van der Waals surface area contributed by atoms with E-state index in [1.54, 1.807) is 0 Å². The minimum absolute atomic E-state index is 0.175. The fraction of sp³-hybridized carbons (Fsp3) is 0. The van der Waals surface area contributed by atoms with Crippen molar-refractivity contribution >= 4 is 42.2 Å². The van der Waals surface area contributed by atoms with Crippen LogP contribution in [0.1, 0.15) is 0 Å². The first-order valence-electron chi connectivity index (χ1n) is 5.59. The van der Waals surface area contributed by atoms with Crippen molar-refractivity contribution in [1.29, 1.82) is 0 Å². The van der Waals surface area contributed by atoms with E-state index >= 15 is 0 Å². The highest BCUT2D eigenvalue weighted by atomic mass is 32.2. The molecule has 0 aliphatic rings. The zero-order chi connectivity index (χ0) is 15.4. The molecule has 3 aromatic rings. The molecule has 2 aromatic carbocycles. The van der Waals surface area contributed by atoms with Gasteiger partial charge >= 0.3 is 0 Å². The summed E-state index contributed by atoms with van der Waals surface area (Å²) in [5, 5.41) is 0.622. The van der Waals surface area contributed by atoms with Gasteiger partial charge in [0.15, 0.2) is 11.2 Å². The summed E-state index contributed by atoms with van der Waals surface area (Å²) in [6, 6.07) is 8.08. The molecular weight excluding hydrogens is 320 g/mol. The van der Waals surface area contributed by atoms with Crippen LogP contribution in [0.2, 0.25) is 0 Å². The number of benzene rings is 2. The Hall–Kier alpha value is -1.94. The number of fused-ring (bicyclic) bond motifs is 3. The molecule has 0 aliphatic carbocycles. The molecule has 0 radical (unpaired) electrons. The van der Waals surface area contributed by atoms with Gasteiger partial charge in [-0.25, -0.2) is 0 Å². The highest BCUT2D eigenvalue weighted by Gasteiger charge is 2.23. The highest BCUT2D eigenvalue weighted by Crippen LogP contribution is 2.35. The Bertz CT molecular complexity index is 989. The average Bonchev–Trinajstić information content (AvgIpc) is 2.74. The van der Waals surface area contributed by atoms with Gasteiger partial charge in [-0.05, 0) is 12.1 Å². The van der Waals surface area contributed by atoms with E-state index in [0.717, 1.165) is 12.1 Å². The maximum atomic E-state index is 11.3. The van der Waals surface area contributed by atoms with E-state index in [1.165, 1.54) is 24.3 Å². The maximum absolute atomic E-state index is 11.3. The smallest absolute Gasteiger partial charge is 0.298 e. The summed E-state index contributed by atoms with van der Waals surface area (Å²) >= 11 is 0. The molecule has 0 aliphatic heterocycles. The summed E-state index contributed by atoms with van der Waals surface area (Å²) in [5.41, 5.74) is -0.350. The van der Waals surface area contributed by atoms with E-state index < -0.39 is 30.0 Å². The Labute approximate surface area is 119 Å². The molecule has 0 unspecified atom stereocenters. The van der Waals surface area contributed by atoms with Crippen LogP contribution in [0.25, 0.3) is 21.9 Å². The molecular formula is C12H8O7S2. The SMILES string of the molecule is O=S(=O)(O)c1cccc2c1oc1c(S(=O)(=O)O)cccc12. The monoisotopic (exact) mass is 328 g/mol. The lowest BCUT2D eigenvalue weighted by Gasteiger charge is -1.97. The van der Waals surface area contributed by atoms with E-state index in [9.17, 15) is 25.9 Å². The van der Waals surface area contributed by atoms with Crippen molar-refractivity contribution in [3.63, 3.8) is 0 Å². The van der Waals surface area contributed by atoms with Gasteiger partial charge in [0.25, 0.3) is 20.2 Å². The third-order valence-corrected chi connectivity index (χ3v) is 4.76. The van der Waals surface area contributed by atoms with Crippen LogP contribution in [0.3, 0.4) is 0 Å². The van der Waals surface area contributed by atoms with Gasteiger partial charge < -0.3 is 4.42 Å². The fourth-order valence-electron chi connectivity index (χ4n) is 2.17. The van der Waals surface area contributed by atoms with Crippen molar-refractivity contribution in [2.75, 3.05) is 0 Å². The molecule has 1 aromatic heterocycles. The third-order valence-electron chi connectivity index (χ3n) is 3.01. The maximum Gasteiger partial charge on any atom is 0.298 e. The van der Waals surface area contributed by atoms with Crippen molar-refractivity contribution in [3.8, 4) is 0 Å². The second kappa shape index (κ2) is 4.28. The molecule has 0 amide bonds. The van der Waals surface area contributed by atoms with Crippen LogP contribution in [0.4, 0.5) is 0 Å². The molecule has 0 saturated carbocycles. The number of rotatable bonds is 2. The summed E-state index contributed by atoms with van der Waals surface area (Å²) in [5.74, 6) is 0. The fourth-order valence-corrected chi connectivity index (χ4v) is 3.45. The Balaban J connectivity index is 2.58. The molecule has 0 saturated heterocycles. The van der Waals surface area contributed by atoms with Crippen LogP contribution in [-0.4, -0.2) is 25.9 Å². The summed E-state index contributed by atoms with van der Waals surface area (Å²) in [6.45, 7) is 0. The average molecular weight is 328 g/mol. The van der Waals surface area contributed by atoms with Gasteiger partial charge in [-0.15, -0.1) is 0 Å². The summed E-state index contributed by atoms with van der Waals surface area (Å²) < 4.78 is 69.0. The Morgan fingerprint density at radius 2 is 1.10 bits per heavy atom. The standard InChI is InChI=1S/C12H8O7S2/c13-20(14,15)9-5-1-3-7-8-4-2-6-10(21(16,17)18)12(8)19-11(7)9/h1-6H,(H,13,14,15)(H,16,17,18). The zero-order valence-electron chi connectivity index (χ0n) is 10.2. The van der Waals surface area contributed by atoms with Crippen molar-refractivity contribution in [3.05, 3.63) is 36.4 Å². The minimum atomic E-state index is -4.53. The number of furan rings is 1. The van der Waals surface area contributed by atoms with Gasteiger partial charge in [0.2, 0.25) is 0 Å². The molecule has 0 fully saturated rings. The van der Waals surface area contributed by atoms with Gasteiger partial charge in [0.05, 0.1) is 0 Å². The van der Waals surface area contributed by atoms with Crippen LogP contribution in [0.5, 0.6) is 0 Å². The summed E-state index contributed by atoms with van der Waals surface area (Å²) in [6.07, 6.45) is 0. The lowest BCUT2D eigenvalue weighted by Crippen LogP contribution is -1.98. The normalized spacial score (nSPS) is 13.0. The van der Waals surface area contributed by atoms with Gasteiger partial charge in [0, 0.05) is 10.8 Å². The third kappa shape index (κ3) is 2.20. The van der Waals surface area contributed by atoms with Crippen LogP contribution < -0.4 is 0 Å². The van der Waals surface area contributed by atoms with E-state index in [-0.39, 0.29) is 11.2 Å². The lowest BCUT2D eigenvalue weighted by atomic mass is 10.1. The molecule has 110 valence electrons. The first-order valence-corrected chi connectivity index (χ1v) is 8.47. The second-order valence-corrected chi connectivity index (χ2v) is 7.10. The van der Waals surface area contributed by atoms with Gasteiger partial charge in [-0.1, -0.05) is 24.3 Å². The van der Waals surface area contributed by atoms with Gasteiger partial charge in [0.1, 0.15) is 9.79 Å². The minimum Gasteiger partial charge on any atom is -0.453 e. The Kier molecular flexibility index (Phi) is 2.85. The predicted molar refractivity (Wildman–Crippen MR) is 73.3 cm³/mol. The molecule has 0 atom stereocenters. The van der Waals surface area contributed by atoms with Crippen molar-refractivity contribution in [1.82, 2.24) is 0 Å². The highest BCUT2D eigenvalue weighted by molar-refractivity contribution is 7.86. The largest absolute Gasteiger partial charge is 0.453 e. The van der Waals surface area contributed by atoms with Crippen LogP contribution in [-0.2, 0) is 20.2 Å². The first-order chi connectivity index (χ1) is 9.69. The Morgan fingerprint density at radius 3 is 1.43 bits per heavy atom. The van der Waals surface area contributed by atoms with Gasteiger partial charge in [-0.2, -0.15) is 16.8 Å². The second-order valence-electron chi connectivity index (χ2n) is 4.32. The van der Waals surface area contributed by atoms with Crippen molar-refractivity contribution in [2.45, 2.75) is 9.79 Å². The molecule has 2 N–H and O–H groups in total. The number of hydrogen-bond acceptors (Lipinski definition) is 5. The number of hydrogen-bond donors (Lipinski definition) is 2. The van der Waals surface area contributed by atoms with E-state index in [1.807, 2.05) is 0 Å².